The van der Waals surface area contributed by atoms with Gasteiger partial charge >= 0.3 is 5.97 Å². The number of anilines is 1. The van der Waals surface area contributed by atoms with E-state index in [1.807, 2.05) is 49.3 Å². The van der Waals surface area contributed by atoms with Gasteiger partial charge in [0.15, 0.2) is 0 Å². The Morgan fingerprint density at radius 2 is 1.68 bits per heavy atom. The van der Waals surface area contributed by atoms with Crippen molar-refractivity contribution in [2.75, 3.05) is 38.1 Å². The molecular formula is C31H40Cl2N6O4S. The number of carbonyl (C=O) groups is 1. The molecule has 1 aromatic heterocycles. The molecule has 44 heavy (non-hydrogen) atoms. The van der Waals surface area contributed by atoms with Crippen LogP contribution in [0.15, 0.2) is 77.7 Å². The lowest BCUT2D eigenvalue weighted by Crippen LogP contribution is -2.36. The highest BCUT2D eigenvalue weighted by Gasteiger charge is 2.26. The number of aryl methyl sites for hydroxylation is 1. The van der Waals surface area contributed by atoms with Gasteiger partial charge in [0.1, 0.15) is 11.7 Å². The van der Waals surface area contributed by atoms with Crippen molar-refractivity contribution >= 4 is 63.4 Å². The van der Waals surface area contributed by atoms with Gasteiger partial charge in [0, 0.05) is 38.0 Å². The number of rotatable bonds is 14. The van der Waals surface area contributed by atoms with E-state index in [1.54, 1.807) is 49.4 Å². The number of esters is 1. The number of likely N-dealkylation sites (N-methyl/N-ethyl adjacent to an activating group) is 1. The van der Waals surface area contributed by atoms with E-state index in [9.17, 15) is 13.2 Å². The number of carbonyl (C=O) groups excluding carboxylic acids is 1. The van der Waals surface area contributed by atoms with E-state index in [4.69, 9.17) is 20.9 Å². The summed E-state index contributed by atoms with van der Waals surface area (Å²) in [6.45, 7) is 3.48. The fourth-order valence-corrected chi connectivity index (χ4v) is 6.17. The number of hydrogen-bond acceptors (Lipinski definition) is 7. The zero-order valence-corrected chi connectivity index (χ0v) is 27.6. The van der Waals surface area contributed by atoms with Crippen molar-refractivity contribution in [3.8, 4) is 0 Å². The van der Waals surface area contributed by atoms with Crippen molar-refractivity contribution in [2.45, 2.75) is 37.6 Å². The van der Waals surface area contributed by atoms with Crippen molar-refractivity contribution in [1.29, 1.82) is 5.41 Å². The van der Waals surface area contributed by atoms with Crippen molar-refractivity contribution in [3.63, 3.8) is 0 Å². The second kappa shape index (κ2) is 16.4. The highest BCUT2D eigenvalue weighted by atomic mass is 35.5. The molecule has 0 aliphatic carbocycles. The maximum absolute atomic E-state index is 13.7. The number of halogens is 2. The van der Waals surface area contributed by atoms with Crippen molar-refractivity contribution in [2.24, 2.45) is 5.73 Å². The normalized spacial score (nSPS) is 11.1. The monoisotopic (exact) mass is 662 g/mol. The molecule has 0 spiro atoms. The molecule has 3 N–H and O–H groups in total. The lowest BCUT2D eigenvalue weighted by atomic mass is 10.1. The molecular weight excluding hydrogens is 623 g/mol. The minimum Gasteiger partial charge on any atom is -0.466 e. The summed E-state index contributed by atoms with van der Waals surface area (Å²) < 4.78 is 36.1. The Labute approximate surface area is 271 Å². The number of nitrogens with two attached hydrogens (primary N) is 1. The molecule has 0 bridgehead atoms. The fraction of sp³-hybridized carbons (Fsp3) is 0.323. The molecule has 0 radical (unpaired) electrons. The van der Waals surface area contributed by atoms with Gasteiger partial charge in [0.05, 0.1) is 28.2 Å². The smallest absolute Gasteiger partial charge is 0.305 e. The number of fused-ring (bicyclic) bond motifs is 1. The number of aromatic nitrogens is 2. The molecule has 0 unspecified atom stereocenters. The van der Waals surface area contributed by atoms with Gasteiger partial charge in [-0.3, -0.25) is 14.5 Å². The van der Waals surface area contributed by atoms with Crippen molar-refractivity contribution in [1.82, 2.24) is 14.5 Å². The molecule has 3 aromatic carbocycles. The molecule has 1 heterocycles. The SMILES string of the molecule is CCOC(=O)CCCn1c(Cc2ccc(C(=N)N)cc2)nc2cc(N(CCN(C)C)S(=O)(=O)c3ccccc3)ccc21.Cl.Cl. The van der Waals surface area contributed by atoms with Crippen molar-refractivity contribution in [3.05, 3.63) is 89.7 Å². The zero-order chi connectivity index (χ0) is 30.3. The number of nitrogens with zero attached hydrogens (tertiary/aromatic N) is 4. The van der Waals surface area contributed by atoms with Gasteiger partial charge in [-0.25, -0.2) is 13.4 Å². The maximum atomic E-state index is 13.7. The first kappa shape index (κ1) is 36.6. The number of benzene rings is 3. The number of nitrogen functional groups attached to an aromatic ring is 1. The molecule has 13 heteroatoms. The number of imidazole rings is 1. The quantitative estimate of drug-likeness (QED) is 0.112. The third-order valence-corrected chi connectivity index (χ3v) is 8.72. The Morgan fingerprint density at radius 1 is 1.00 bits per heavy atom. The van der Waals surface area contributed by atoms with Crippen molar-refractivity contribution < 1.29 is 17.9 Å². The summed E-state index contributed by atoms with van der Waals surface area (Å²) in [7, 11) is -0.00459. The van der Waals surface area contributed by atoms with E-state index in [0.717, 1.165) is 16.9 Å². The van der Waals surface area contributed by atoms with E-state index in [0.29, 0.717) is 49.3 Å². The van der Waals surface area contributed by atoms with Crippen LogP contribution in [0.5, 0.6) is 0 Å². The maximum Gasteiger partial charge on any atom is 0.305 e. The van der Waals surface area contributed by atoms with Gasteiger partial charge in [-0.15, -0.1) is 24.8 Å². The van der Waals surface area contributed by atoms with Crippen LogP contribution < -0.4 is 10.0 Å². The van der Waals surface area contributed by atoms with E-state index < -0.39 is 10.0 Å². The number of sulfonamides is 1. The first-order chi connectivity index (χ1) is 20.1. The first-order valence-corrected chi connectivity index (χ1v) is 15.3. The topological polar surface area (TPSA) is 135 Å². The molecule has 0 saturated heterocycles. The molecule has 0 amide bonds. The first-order valence-electron chi connectivity index (χ1n) is 13.9. The Morgan fingerprint density at radius 3 is 2.30 bits per heavy atom. The van der Waals surface area contributed by atoms with Gasteiger partial charge < -0.3 is 19.9 Å². The van der Waals surface area contributed by atoms with Crippen LogP contribution in [0.3, 0.4) is 0 Å². The molecule has 238 valence electrons. The molecule has 0 saturated carbocycles. The minimum atomic E-state index is -3.82. The lowest BCUT2D eigenvalue weighted by Gasteiger charge is -2.26. The Kier molecular flexibility index (Phi) is 13.7. The number of nitrogens with one attached hydrogen (secondary N) is 1. The summed E-state index contributed by atoms with van der Waals surface area (Å²) in [5, 5.41) is 7.66. The van der Waals surface area contributed by atoms with Crippen LogP contribution in [-0.2, 0) is 32.5 Å². The van der Waals surface area contributed by atoms with Gasteiger partial charge in [0.2, 0.25) is 0 Å². The molecule has 10 nitrogen and oxygen atoms in total. The predicted molar refractivity (Wildman–Crippen MR) is 180 cm³/mol. The number of ether oxygens (including phenoxy) is 1. The van der Waals surface area contributed by atoms with Crippen LogP contribution in [0.25, 0.3) is 11.0 Å². The average molecular weight is 664 g/mol. The molecule has 4 aromatic rings. The van der Waals surface area contributed by atoms with Gasteiger partial charge in [-0.2, -0.15) is 0 Å². The lowest BCUT2D eigenvalue weighted by molar-refractivity contribution is -0.143. The Balaban J connectivity index is 0.00000337. The van der Waals surface area contributed by atoms with Gasteiger partial charge in [-0.05, 0) is 63.3 Å². The van der Waals surface area contributed by atoms with Crippen LogP contribution in [0.2, 0.25) is 0 Å². The molecule has 0 aliphatic heterocycles. The van der Waals surface area contributed by atoms with Crippen LogP contribution in [0, 0.1) is 5.41 Å². The average Bonchev–Trinajstić information content (AvgIpc) is 3.29. The third kappa shape index (κ3) is 8.95. The van der Waals surface area contributed by atoms with E-state index in [2.05, 4.69) is 4.57 Å². The summed E-state index contributed by atoms with van der Waals surface area (Å²) in [6.07, 6.45) is 1.36. The molecule has 0 atom stereocenters. The van der Waals surface area contributed by atoms with E-state index in [-0.39, 0.29) is 54.5 Å². The summed E-state index contributed by atoms with van der Waals surface area (Å²) >= 11 is 0. The second-order valence-corrected chi connectivity index (χ2v) is 12.1. The predicted octanol–water partition coefficient (Wildman–Crippen LogP) is 4.85. The van der Waals surface area contributed by atoms with Crippen LogP contribution in [0.1, 0.15) is 36.7 Å². The summed E-state index contributed by atoms with van der Waals surface area (Å²) in [5.74, 6) is 0.546. The minimum absolute atomic E-state index is 0. The van der Waals surface area contributed by atoms with Crippen LogP contribution in [0.4, 0.5) is 5.69 Å². The highest BCUT2D eigenvalue weighted by molar-refractivity contribution is 7.92. The fourth-order valence-electron chi connectivity index (χ4n) is 4.71. The van der Waals surface area contributed by atoms with Crippen LogP contribution in [-0.4, -0.2) is 68.5 Å². The second-order valence-electron chi connectivity index (χ2n) is 10.2. The molecule has 0 fully saturated rings. The standard InChI is InChI=1S/C31H38N6O4S.2ClH/c1-4-41-30(38)11-8-18-36-28-17-16-25(37(20-19-35(2)3)42(39,40)26-9-6-5-7-10-26)22-27(28)34-29(36)21-23-12-14-24(15-13-23)31(32)33;;/h5-7,9-10,12-17,22H,4,8,11,18-21H2,1-3H3,(H3,32,33);2*1H. The zero-order valence-electron chi connectivity index (χ0n) is 25.1. The summed E-state index contributed by atoms with van der Waals surface area (Å²) in [6, 6.07) is 21.4. The summed E-state index contributed by atoms with van der Waals surface area (Å²) in [4.78, 5) is 19.1. The Bertz CT molecular complexity index is 1650. The third-order valence-electron chi connectivity index (χ3n) is 6.88. The van der Waals surface area contributed by atoms with E-state index >= 15 is 0 Å². The highest BCUT2D eigenvalue weighted by Crippen LogP contribution is 2.29. The van der Waals surface area contributed by atoms with Crippen LogP contribution >= 0.6 is 24.8 Å². The Hall–Kier alpha value is -3.64. The number of hydrogen-bond donors (Lipinski definition) is 2. The van der Waals surface area contributed by atoms with Gasteiger partial charge in [0.25, 0.3) is 10.0 Å². The van der Waals surface area contributed by atoms with E-state index in [1.165, 1.54) is 4.31 Å². The molecule has 0 aliphatic rings. The summed E-state index contributed by atoms with van der Waals surface area (Å²) in [5.41, 5.74) is 9.29. The largest absolute Gasteiger partial charge is 0.466 e. The number of amidine groups is 1. The molecule has 4 rings (SSSR count). The van der Waals surface area contributed by atoms with Gasteiger partial charge in [-0.1, -0.05) is 42.5 Å².